The summed E-state index contributed by atoms with van der Waals surface area (Å²) in [5, 5.41) is 2.96. The second-order valence-corrected chi connectivity index (χ2v) is 9.90. The quantitative estimate of drug-likeness (QED) is 0.424. The molecule has 0 radical (unpaired) electrons. The average Bonchev–Trinajstić information content (AvgIpc) is 3.20. The fourth-order valence-corrected chi connectivity index (χ4v) is 5.51. The van der Waals surface area contributed by atoms with Gasteiger partial charge < -0.3 is 14.6 Å². The zero-order valence-electron chi connectivity index (χ0n) is 20.4. The lowest BCUT2D eigenvalue weighted by molar-refractivity contribution is -0.121. The van der Waals surface area contributed by atoms with Crippen LogP contribution in [0.25, 0.3) is 11.0 Å². The number of imidazole rings is 1. The van der Waals surface area contributed by atoms with Crippen LogP contribution in [0.5, 0.6) is 5.75 Å². The molecule has 184 valence electrons. The summed E-state index contributed by atoms with van der Waals surface area (Å²) in [4.78, 5) is 17.3. The molecular weight excluding hydrogens is 452 g/mol. The van der Waals surface area contributed by atoms with Crippen molar-refractivity contribution in [3.63, 3.8) is 0 Å². The van der Waals surface area contributed by atoms with Crippen LogP contribution in [-0.2, 0) is 34.2 Å². The van der Waals surface area contributed by atoms with E-state index < -0.39 is 10.0 Å². The Balaban J connectivity index is 1.65. The van der Waals surface area contributed by atoms with E-state index in [0.29, 0.717) is 44.5 Å². The molecule has 3 aromatic rings. The molecule has 3 rings (SSSR count). The maximum absolute atomic E-state index is 12.9. The standard InChI is InChI=1S/C25H34N4O4S/c1-5-28(6-2)34(31,32)21-12-13-23-22(18-21)27-24(29(23)7-3)14-15-25(30)26-17-16-19-8-10-20(33-4)11-9-19/h8-13,18H,5-7,14-17H2,1-4H3,(H,26,30). The third kappa shape index (κ3) is 5.77. The Hall–Kier alpha value is -2.91. The van der Waals surface area contributed by atoms with Gasteiger partial charge in [0.15, 0.2) is 0 Å². The van der Waals surface area contributed by atoms with E-state index in [-0.39, 0.29) is 10.8 Å². The van der Waals surface area contributed by atoms with Gasteiger partial charge in [-0.15, -0.1) is 0 Å². The van der Waals surface area contributed by atoms with Crippen LogP contribution in [0.3, 0.4) is 0 Å². The Morgan fingerprint density at radius 1 is 1.06 bits per heavy atom. The first kappa shape index (κ1) is 25.7. The van der Waals surface area contributed by atoms with E-state index in [0.717, 1.165) is 29.1 Å². The largest absolute Gasteiger partial charge is 0.497 e. The highest BCUT2D eigenvalue weighted by molar-refractivity contribution is 7.89. The molecule has 0 fully saturated rings. The van der Waals surface area contributed by atoms with E-state index in [1.54, 1.807) is 25.3 Å². The Kier molecular flexibility index (Phi) is 8.68. The number of amides is 1. The van der Waals surface area contributed by atoms with Crippen LogP contribution in [0.4, 0.5) is 0 Å². The van der Waals surface area contributed by atoms with Crippen LogP contribution in [0.2, 0.25) is 0 Å². The minimum atomic E-state index is -3.55. The number of nitrogens with zero attached hydrogens (tertiary/aromatic N) is 3. The summed E-state index contributed by atoms with van der Waals surface area (Å²) in [7, 11) is -1.92. The molecule has 0 aliphatic carbocycles. The topological polar surface area (TPSA) is 93.5 Å². The maximum atomic E-state index is 12.9. The van der Waals surface area contributed by atoms with Gasteiger partial charge in [0, 0.05) is 39.0 Å². The SMILES string of the molecule is CCN(CC)S(=O)(=O)c1ccc2c(c1)nc(CCC(=O)NCCc1ccc(OC)cc1)n2CC. The number of fused-ring (bicyclic) bond motifs is 1. The van der Waals surface area contributed by atoms with Gasteiger partial charge in [0.2, 0.25) is 15.9 Å². The number of carbonyl (C=O) groups excluding carboxylic acids is 1. The third-order valence-electron chi connectivity index (χ3n) is 5.93. The Labute approximate surface area is 202 Å². The molecule has 1 amide bonds. The number of ether oxygens (including phenoxy) is 1. The second-order valence-electron chi connectivity index (χ2n) is 7.96. The van der Waals surface area contributed by atoms with Crippen LogP contribution >= 0.6 is 0 Å². The van der Waals surface area contributed by atoms with Crippen molar-refractivity contribution in [2.75, 3.05) is 26.7 Å². The van der Waals surface area contributed by atoms with Gasteiger partial charge in [-0.1, -0.05) is 26.0 Å². The summed E-state index contributed by atoms with van der Waals surface area (Å²) in [5.74, 6) is 1.55. The number of aromatic nitrogens is 2. The van der Waals surface area contributed by atoms with Crippen molar-refractivity contribution in [1.29, 1.82) is 0 Å². The molecule has 0 aliphatic heterocycles. The zero-order chi connectivity index (χ0) is 24.7. The molecule has 1 heterocycles. The Bertz CT molecular complexity index is 1220. The van der Waals surface area contributed by atoms with Gasteiger partial charge in [0.05, 0.1) is 23.0 Å². The molecule has 0 atom stereocenters. The van der Waals surface area contributed by atoms with Gasteiger partial charge >= 0.3 is 0 Å². The lowest BCUT2D eigenvalue weighted by atomic mass is 10.1. The first-order chi connectivity index (χ1) is 16.3. The van der Waals surface area contributed by atoms with Gasteiger partial charge in [0.1, 0.15) is 11.6 Å². The molecule has 0 unspecified atom stereocenters. The average molecular weight is 487 g/mol. The smallest absolute Gasteiger partial charge is 0.243 e. The number of carbonyl (C=O) groups is 1. The normalized spacial score (nSPS) is 11.8. The maximum Gasteiger partial charge on any atom is 0.243 e. The zero-order valence-corrected chi connectivity index (χ0v) is 21.2. The molecule has 34 heavy (non-hydrogen) atoms. The molecule has 1 N–H and O–H groups in total. The van der Waals surface area contributed by atoms with Crippen LogP contribution in [0.1, 0.15) is 38.6 Å². The number of hydrogen-bond acceptors (Lipinski definition) is 5. The molecule has 0 saturated heterocycles. The van der Waals surface area contributed by atoms with Gasteiger partial charge in [-0.2, -0.15) is 4.31 Å². The number of rotatable bonds is 12. The van der Waals surface area contributed by atoms with E-state index in [1.807, 2.05) is 49.6 Å². The van der Waals surface area contributed by atoms with Crippen LogP contribution in [0.15, 0.2) is 47.4 Å². The first-order valence-electron chi connectivity index (χ1n) is 11.7. The van der Waals surface area contributed by atoms with Crippen molar-refractivity contribution in [1.82, 2.24) is 19.2 Å². The highest BCUT2D eigenvalue weighted by atomic mass is 32.2. The van der Waals surface area contributed by atoms with E-state index in [9.17, 15) is 13.2 Å². The third-order valence-corrected chi connectivity index (χ3v) is 7.97. The van der Waals surface area contributed by atoms with Crippen molar-refractivity contribution < 1.29 is 17.9 Å². The highest BCUT2D eigenvalue weighted by Gasteiger charge is 2.23. The molecule has 9 heteroatoms. The number of benzene rings is 2. The van der Waals surface area contributed by atoms with Crippen LogP contribution < -0.4 is 10.1 Å². The fraction of sp³-hybridized carbons (Fsp3) is 0.440. The summed E-state index contributed by atoms with van der Waals surface area (Å²) in [6.07, 6.45) is 1.54. The number of nitrogens with one attached hydrogen (secondary N) is 1. The number of aryl methyl sites for hydroxylation is 2. The summed E-state index contributed by atoms with van der Waals surface area (Å²) in [6, 6.07) is 12.9. The monoisotopic (exact) mass is 486 g/mol. The molecule has 8 nitrogen and oxygen atoms in total. The summed E-state index contributed by atoms with van der Waals surface area (Å²) >= 11 is 0. The van der Waals surface area contributed by atoms with Gasteiger partial charge in [0.25, 0.3) is 0 Å². The molecule has 0 saturated carbocycles. The van der Waals surface area contributed by atoms with Crippen molar-refractivity contribution in [2.45, 2.75) is 51.5 Å². The summed E-state index contributed by atoms with van der Waals surface area (Å²) in [5.41, 5.74) is 2.63. The van der Waals surface area contributed by atoms with Gasteiger partial charge in [-0.05, 0) is 49.2 Å². The Morgan fingerprint density at radius 3 is 2.38 bits per heavy atom. The van der Waals surface area contributed by atoms with Crippen molar-refractivity contribution in [3.8, 4) is 5.75 Å². The molecular formula is C25H34N4O4S. The number of hydrogen-bond donors (Lipinski definition) is 1. The van der Waals surface area contributed by atoms with Gasteiger partial charge in [-0.25, -0.2) is 13.4 Å². The molecule has 0 bridgehead atoms. The number of methoxy groups -OCH3 is 1. The molecule has 0 aliphatic rings. The minimum absolute atomic E-state index is 0.0342. The van der Waals surface area contributed by atoms with Gasteiger partial charge in [-0.3, -0.25) is 4.79 Å². The molecule has 1 aromatic heterocycles. The van der Waals surface area contributed by atoms with Crippen molar-refractivity contribution >= 4 is 27.0 Å². The molecule has 0 spiro atoms. The van der Waals surface area contributed by atoms with Crippen LogP contribution in [-0.4, -0.2) is 54.9 Å². The second kappa shape index (κ2) is 11.5. The van der Waals surface area contributed by atoms with E-state index in [2.05, 4.69) is 10.3 Å². The first-order valence-corrected chi connectivity index (χ1v) is 13.2. The van der Waals surface area contributed by atoms with Crippen LogP contribution in [0, 0.1) is 0 Å². The Morgan fingerprint density at radius 2 is 1.76 bits per heavy atom. The lowest BCUT2D eigenvalue weighted by Gasteiger charge is -2.18. The molecule has 2 aromatic carbocycles. The van der Waals surface area contributed by atoms with Crippen molar-refractivity contribution in [3.05, 3.63) is 53.9 Å². The minimum Gasteiger partial charge on any atom is -0.497 e. The van der Waals surface area contributed by atoms with E-state index in [4.69, 9.17) is 4.74 Å². The van der Waals surface area contributed by atoms with Crippen molar-refractivity contribution in [2.24, 2.45) is 0 Å². The summed E-state index contributed by atoms with van der Waals surface area (Å²) in [6.45, 7) is 7.74. The lowest BCUT2D eigenvalue weighted by Crippen LogP contribution is -2.30. The van der Waals surface area contributed by atoms with E-state index >= 15 is 0 Å². The summed E-state index contributed by atoms with van der Waals surface area (Å²) < 4.78 is 34.4. The van der Waals surface area contributed by atoms with E-state index in [1.165, 1.54) is 4.31 Å². The predicted octanol–water partition coefficient (Wildman–Crippen LogP) is 3.39. The fourth-order valence-electron chi connectivity index (χ4n) is 4.03. The highest BCUT2D eigenvalue weighted by Crippen LogP contribution is 2.23. The number of sulfonamides is 1. The predicted molar refractivity (Wildman–Crippen MR) is 134 cm³/mol.